The van der Waals surface area contributed by atoms with Gasteiger partial charge < -0.3 is 90.1 Å². The number of aliphatic hydroxyl groups is 9. The van der Waals surface area contributed by atoms with Crippen molar-refractivity contribution < 1.29 is 98.8 Å². The molecule has 12 N–H and O–H groups in total. The zero-order valence-electron chi connectivity index (χ0n) is 29.2. The fraction of sp³-hybridized carbons (Fsp3) is 0.710. The van der Waals surface area contributed by atoms with Crippen molar-refractivity contribution in [2.75, 3.05) is 19.8 Å². The van der Waals surface area contributed by atoms with E-state index in [-0.39, 0.29) is 11.4 Å². The van der Waals surface area contributed by atoms with Crippen molar-refractivity contribution >= 4 is 23.5 Å². The number of aliphatic carboxylic acids is 1. The number of carbonyl (C=O) groups is 3. The summed E-state index contributed by atoms with van der Waals surface area (Å²) in [6.07, 6.45) is -25.2. The smallest absolute Gasteiger partial charge is 0.364 e. The predicted molar refractivity (Wildman–Crippen MR) is 173 cm³/mol. The van der Waals surface area contributed by atoms with Crippen LogP contribution in [0.3, 0.4) is 0 Å². The first-order chi connectivity index (χ1) is 25.8. The topological polar surface area (TPSA) is 376 Å². The number of carboxylic acids is 1. The standard InChI is InChI=1S/C31H45N3O21/c1-11(37)32-19-15(39)7-31(30(46)47,55-27(19)21(41)16(40)8-35)50-10-18-23(43)26(54-29-25(45)24(44)22(42)17(9-36)52-29)20(33-12(2)38)28(53-18)51-14-5-3-13(4-6-14)34(48)49/h3-6,15-29,35-36,39-45H,7-10H2,1-2H3,(H,32,37)(H,33,38)(H,46,47)/t15-,16-,17?,18?,19-,20+,21-,22+,23+,24?,25+,26?,27?,28+,29+,31-/m0/s1. The molecule has 0 saturated carbocycles. The van der Waals surface area contributed by atoms with Crippen molar-refractivity contribution in [2.24, 2.45) is 0 Å². The highest BCUT2D eigenvalue weighted by atomic mass is 16.8. The molecule has 24 heteroatoms. The van der Waals surface area contributed by atoms with E-state index in [0.717, 1.165) is 38.1 Å². The quantitative estimate of drug-likeness (QED) is 0.0580. The van der Waals surface area contributed by atoms with Crippen LogP contribution in [0, 0.1) is 10.1 Å². The first kappa shape index (κ1) is 44.0. The Morgan fingerprint density at radius 3 is 2.05 bits per heavy atom. The van der Waals surface area contributed by atoms with Gasteiger partial charge in [-0.1, -0.05) is 0 Å². The van der Waals surface area contributed by atoms with Crippen LogP contribution in [0.25, 0.3) is 0 Å². The molecule has 3 aliphatic rings. The molecular weight excluding hydrogens is 750 g/mol. The molecule has 0 bridgehead atoms. The lowest BCUT2D eigenvalue weighted by Gasteiger charge is -2.49. The minimum absolute atomic E-state index is 0.0994. The molecule has 0 radical (unpaired) electrons. The summed E-state index contributed by atoms with van der Waals surface area (Å²) in [6.45, 7) is -0.811. The number of amides is 2. The van der Waals surface area contributed by atoms with E-state index in [0.29, 0.717) is 0 Å². The fourth-order valence-corrected chi connectivity index (χ4v) is 6.31. The van der Waals surface area contributed by atoms with Gasteiger partial charge in [-0.2, -0.15) is 0 Å². The van der Waals surface area contributed by atoms with E-state index < -0.39 is 147 Å². The number of nitrogens with one attached hydrogen (secondary N) is 2. The Bertz CT molecular complexity index is 1490. The normalized spacial score (nSPS) is 37.6. The summed E-state index contributed by atoms with van der Waals surface area (Å²) in [7, 11) is 0. The number of nitro groups is 1. The second-order valence-electron chi connectivity index (χ2n) is 13.1. The SMILES string of the molecule is CC(=O)N[C@@H]1C(O[C@H]2OC(CO)[C@@H](O)C(O)[C@H]2O)[C@H](O)C(CO[C@@]2(C(=O)O)C[C@H](O)[C@H](NC(C)=O)C([C@@H](O)[C@@H](O)CO)O2)O[C@H]1Oc1ccc([N+](=O)[O-])cc1. The van der Waals surface area contributed by atoms with E-state index in [9.17, 15) is 75.6 Å². The molecule has 3 fully saturated rings. The van der Waals surface area contributed by atoms with Gasteiger partial charge in [-0.3, -0.25) is 19.7 Å². The van der Waals surface area contributed by atoms with E-state index in [2.05, 4.69) is 10.6 Å². The number of carbonyl (C=O) groups excluding carboxylic acids is 2. The highest BCUT2D eigenvalue weighted by Crippen LogP contribution is 2.36. The van der Waals surface area contributed by atoms with Crippen molar-refractivity contribution in [3.8, 4) is 5.75 Å². The zero-order valence-corrected chi connectivity index (χ0v) is 29.2. The number of benzene rings is 1. The Morgan fingerprint density at radius 2 is 1.51 bits per heavy atom. The van der Waals surface area contributed by atoms with Gasteiger partial charge in [-0.25, -0.2) is 4.79 Å². The monoisotopic (exact) mass is 795 g/mol. The summed E-state index contributed by atoms with van der Waals surface area (Å²) in [5.41, 5.74) is -0.329. The van der Waals surface area contributed by atoms with Gasteiger partial charge in [0.1, 0.15) is 72.8 Å². The molecule has 0 spiro atoms. The number of non-ortho nitro benzene ring substituents is 1. The number of nitro benzene ring substituents is 1. The van der Waals surface area contributed by atoms with Gasteiger partial charge in [0.2, 0.25) is 18.1 Å². The van der Waals surface area contributed by atoms with Crippen molar-refractivity contribution in [1.29, 1.82) is 0 Å². The predicted octanol–water partition coefficient (Wildman–Crippen LogP) is -6.08. The minimum Gasteiger partial charge on any atom is -0.477 e. The Hall–Kier alpha value is -3.73. The molecule has 3 heterocycles. The van der Waals surface area contributed by atoms with Gasteiger partial charge in [0.05, 0.1) is 36.9 Å². The maximum absolute atomic E-state index is 12.7. The molecule has 3 saturated heterocycles. The second kappa shape index (κ2) is 18.5. The van der Waals surface area contributed by atoms with Crippen LogP contribution in [0.5, 0.6) is 5.75 Å². The largest absolute Gasteiger partial charge is 0.477 e. The average molecular weight is 796 g/mol. The maximum Gasteiger partial charge on any atom is 0.364 e. The molecule has 24 nitrogen and oxygen atoms in total. The number of rotatable bonds is 15. The molecule has 1 aromatic carbocycles. The van der Waals surface area contributed by atoms with E-state index in [4.69, 9.17) is 28.4 Å². The van der Waals surface area contributed by atoms with Crippen LogP contribution < -0.4 is 15.4 Å². The van der Waals surface area contributed by atoms with Crippen LogP contribution in [-0.4, -0.2) is 191 Å². The van der Waals surface area contributed by atoms with E-state index in [1.165, 1.54) is 0 Å². The number of ether oxygens (including phenoxy) is 6. The lowest BCUT2D eigenvalue weighted by atomic mass is 9.88. The van der Waals surface area contributed by atoms with Crippen LogP contribution in [0.4, 0.5) is 5.69 Å². The molecule has 1 aromatic rings. The summed E-state index contributed by atoms with van der Waals surface area (Å²) < 4.78 is 34.3. The zero-order chi connectivity index (χ0) is 40.9. The molecule has 0 aromatic heterocycles. The van der Waals surface area contributed by atoms with Crippen LogP contribution in [-0.2, 0) is 38.1 Å². The van der Waals surface area contributed by atoms with Crippen LogP contribution >= 0.6 is 0 Å². The number of hydrogen-bond acceptors (Lipinski definition) is 20. The fourth-order valence-electron chi connectivity index (χ4n) is 6.31. The third kappa shape index (κ3) is 9.99. The third-order valence-electron chi connectivity index (χ3n) is 9.15. The van der Waals surface area contributed by atoms with Crippen molar-refractivity contribution in [1.82, 2.24) is 10.6 Å². The Kier molecular flexibility index (Phi) is 14.8. The molecule has 16 atom stereocenters. The highest BCUT2D eigenvalue weighted by Gasteiger charge is 2.58. The molecule has 2 amide bonds. The van der Waals surface area contributed by atoms with E-state index in [1.54, 1.807) is 0 Å². The van der Waals surface area contributed by atoms with Gasteiger partial charge in [-0.15, -0.1) is 0 Å². The molecule has 4 rings (SSSR count). The molecule has 3 aliphatic heterocycles. The van der Waals surface area contributed by atoms with Gasteiger partial charge in [-0.05, 0) is 12.1 Å². The van der Waals surface area contributed by atoms with Gasteiger partial charge in [0.15, 0.2) is 6.29 Å². The summed E-state index contributed by atoms with van der Waals surface area (Å²) in [4.78, 5) is 47.6. The molecule has 5 unspecified atom stereocenters. The molecule has 0 aliphatic carbocycles. The van der Waals surface area contributed by atoms with Gasteiger partial charge in [0.25, 0.3) is 11.5 Å². The number of aliphatic hydroxyl groups excluding tert-OH is 9. The Morgan fingerprint density at radius 1 is 0.909 bits per heavy atom. The summed E-state index contributed by atoms with van der Waals surface area (Å²) in [5.74, 6) is -6.41. The minimum atomic E-state index is -2.91. The van der Waals surface area contributed by atoms with Crippen LogP contribution in [0.15, 0.2) is 24.3 Å². The lowest BCUT2D eigenvalue weighted by molar-refractivity contribution is -0.384. The molecular formula is C31H45N3O21. The number of carboxylic acid groups (broad SMARTS) is 1. The number of nitrogens with zero attached hydrogens (tertiary/aromatic N) is 1. The highest BCUT2D eigenvalue weighted by molar-refractivity contribution is 5.76. The Labute approximate surface area is 310 Å². The lowest BCUT2D eigenvalue weighted by Crippen LogP contribution is -2.70. The third-order valence-corrected chi connectivity index (χ3v) is 9.15. The van der Waals surface area contributed by atoms with Gasteiger partial charge in [0, 0.05) is 32.4 Å². The van der Waals surface area contributed by atoms with E-state index in [1.807, 2.05) is 0 Å². The van der Waals surface area contributed by atoms with Crippen molar-refractivity contribution in [3.05, 3.63) is 34.4 Å². The van der Waals surface area contributed by atoms with Crippen molar-refractivity contribution in [3.63, 3.8) is 0 Å². The summed E-state index contributed by atoms with van der Waals surface area (Å²) in [5, 5.41) is 120. The average Bonchev–Trinajstić information content (AvgIpc) is 3.13. The van der Waals surface area contributed by atoms with Crippen molar-refractivity contribution in [2.45, 2.75) is 118 Å². The first-order valence-electron chi connectivity index (χ1n) is 16.8. The molecule has 310 valence electrons. The van der Waals surface area contributed by atoms with Crippen LogP contribution in [0.1, 0.15) is 20.3 Å². The first-order valence-corrected chi connectivity index (χ1v) is 16.8. The molecule has 55 heavy (non-hydrogen) atoms. The number of hydrogen-bond donors (Lipinski definition) is 12. The Balaban J connectivity index is 1.71. The maximum atomic E-state index is 12.7. The van der Waals surface area contributed by atoms with Crippen LogP contribution in [0.2, 0.25) is 0 Å². The van der Waals surface area contributed by atoms with Gasteiger partial charge >= 0.3 is 5.97 Å². The summed E-state index contributed by atoms with van der Waals surface area (Å²) >= 11 is 0. The summed E-state index contributed by atoms with van der Waals surface area (Å²) in [6, 6.07) is 1.35. The van der Waals surface area contributed by atoms with E-state index >= 15 is 0 Å². The second-order valence-corrected chi connectivity index (χ2v) is 13.1.